The van der Waals surface area contributed by atoms with E-state index in [9.17, 15) is 14.7 Å². The van der Waals surface area contributed by atoms with Gasteiger partial charge in [0, 0.05) is 45.7 Å². The molecule has 2 aromatic rings. The van der Waals surface area contributed by atoms with Crippen molar-refractivity contribution < 1.29 is 19.5 Å². The minimum Gasteiger partial charge on any atom is -0.390 e. The second-order valence-corrected chi connectivity index (χ2v) is 12.4. The Bertz CT molecular complexity index is 1260. The molecule has 6 aliphatic rings. The average Bonchev–Trinajstić information content (AvgIpc) is 2.94. The number of hydroxylamine groups is 1. The van der Waals surface area contributed by atoms with E-state index in [1.165, 1.54) is 0 Å². The molecule has 2 N–H and O–H groups in total. The van der Waals surface area contributed by atoms with Gasteiger partial charge in [-0.25, -0.2) is 14.8 Å². The molecule has 1 aromatic heterocycles. The van der Waals surface area contributed by atoms with Crippen LogP contribution in [0.1, 0.15) is 39.0 Å². The maximum atomic E-state index is 13.1. The molecule has 1 aromatic carbocycles. The van der Waals surface area contributed by atoms with Gasteiger partial charge in [0.15, 0.2) is 0 Å². The lowest BCUT2D eigenvalue weighted by molar-refractivity contribution is -0.137. The van der Waals surface area contributed by atoms with Crippen molar-refractivity contribution in [3.05, 3.63) is 42.6 Å². The Labute approximate surface area is 234 Å². The third-order valence-electron chi connectivity index (χ3n) is 9.79. The standard InChI is InChI=1S/C30H38N6O4/c1-20(37)33-8-10-34(11-9-33)24-6-7-27(31-19-24)35-12-13-36(26-5-3-2-4-25(26)35)40-29(38)32-28-22-14-21-15-23(28)18-30(39,16-21)17-22/h2-7,19,21-23,28,39H,8-18H2,1H3,(H,32,38)/t21?,22-,23+,28?,30?. The summed E-state index contributed by atoms with van der Waals surface area (Å²) in [5.41, 5.74) is 2.30. The maximum Gasteiger partial charge on any atom is 0.431 e. The third-order valence-corrected chi connectivity index (χ3v) is 9.79. The average molecular weight is 547 g/mol. The van der Waals surface area contributed by atoms with Gasteiger partial charge >= 0.3 is 6.09 Å². The van der Waals surface area contributed by atoms with Gasteiger partial charge in [-0.05, 0) is 74.1 Å². The first-order valence-electron chi connectivity index (χ1n) is 14.7. The highest BCUT2D eigenvalue weighted by molar-refractivity contribution is 5.79. The highest BCUT2D eigenvalue weighted by atomic mass is 16.7. The summed E-state index contributed by atoms with van der Waals surface area (Å²) < 4.78 is 0. The Balaban J connectivity index is 1.01. The predicted molar refractivity (Wildman–Crippen MR) is 151 cm³/mol. The number of hydrogen-bond acceptors (Lipinski definition) is 8. The van der Waals surface area contributed by atoms with Crippen LogP contribution in [-0.4, -0.2) is 77.9 Å². The molecule has 0 spiro atoms. The van der Waals surface area contributed by atoms with Crippen molar-refractivity contribution in [2.75, 3.05) is 54.1 Å². The normalized spacial score (nSPS) is 30.8. The number of piperazine rings is 1. The van der Waals surface area contributed by atoms with Gasteiger partial charge in [-0.2, -0.15) is 0 Å². The van der Waals surface area contributed by atoms with Crippen LogP contribution in [0.15, 0.2) is 42.6 Å². The van der Waals surface area contributed by atoms with Crippen LogP contribution in [0.2, 0.25) is 0 Å². The predicted octanol–water partition coefficient (Wildman–Crippen LogP) is 3.29. The third kappa shape index (κ3) is 4.62. The van der Waals surface area contributed by atoms with E-state index in [4.69, 9.17) is 9.82 Å². The molecule has 0 radical (unpaired) electrons. The van der Waals surface area contributed by atoms with Crippen LogP contribution in [0.25, 0.3) is 0 Å². The Hall–Kier alpha value is -3.53. The van der Waals surface area contributed by atoms with E-state index >= 15 is 0 Å². The summed E-state index contributed by atoms with van der Waals surface area (Å²) in [4.78, 5) is 41.7. The fourth-order valence-corrected chi connectivity index (χ4v) is 8.15. The topological polar surface area (TPSA) is 101 Å². The van der Waals surface area contributed by atoms with Gasteiger partial charge < -0.3 is 30.0 Å². The molecule has 1 saturated heterocycles. The zero-order valence-corrected chi connectivity index (χ0v) is 23.0. The Morgan fingerprint density at radius 1 is 0.950 bits per heavy atom. The van der Waals surface area contributed by atoms with Crippen molar-refractivity contribution in [3.63, 3.8) is 0 Å². The number of rotatable bonds is 4. The molecule has 4 bridgehead atoms. The quantitative estimate of drug-likeness (QED) is 0.603. The van der Waals surface area contributed by atoms with Gasteiger partial charge in [0.25, 0.3) is 0 Å². The van der Waals surface area contributed by atoms with Gasteiger partial charge in [0.2, 0.25) is 5.91 Å². The van der Waals surface area contributed by atoms with Gasteiger partial charge in [0.05, 0.1) is 35.4 Å². The number of anilines is 4. The number of benzene rings is 1. The number of fused-ring (bicyclic) bond motifs is 1. The number of carbonyl (C=O) groups excluding carboxylic acids is 2. The molecule has 5 fully saturated rings. The molecule has 3 unspecified atom stereocenters. The largest absolute Gasteiger partial charge is 0.431 e. The Morgan fingerprint density at radius 2 is 1.68 bits per heavy atom. The molecule has 4 aliphatic carbocycles. The first-order chi connectivity index (χ1) is 19.3. The van der Waals surface area contributed by atoms with E-state index in [0.29, 0.717) is 30.8 Å². The van der Waals surface area contributed by atoms with Crippen LogP contribution >= 0.6 is 0 Å². The lowest BCUT2D eigenvalue weighted by Crippen LogP contribution is -2.62. The van der Waals surface area contributed by atoms with Gasteiger partial charge in [-0.3, -0.25) is 4.79 Å². The Morgan fingerprint density at radius 3 is 2.33 bits per heavy atom. The molecule has 212 valence electrons. The van der Waals surface area contributed by atoms with E-state index in [0.717, 1.165) is 81.2 Å². The highest BCUT2D eigenvalue weighted by Gasteiger charge is 2.55. The summed E-state index contributed by atoms with van der Waals surface area (Å²) in [7, 11) is 0. The van der Waals surface area contributed by atoms with Crippen LogP contribution in [0.3, 0.4) is 0 Å². The van der Waals surface area contributed by atoms with Crippen LogP contribution < -0.4 is 20.2 Å². The summed E-state index contributed by atoms with van der Waals surface area (Å²) in [6.07, 6.45) is 6.16. The SMILES string of the molecule is CC(=O)N1CCN(c2ccc(N3CCN(OC(=O)NC4[C@@H]5CC6C[C@H]4CC(O)(C6)C5)c4ccccc43)nc2)CC1. The number of pyridine rings is 1. The zero-order valence-electron chi connectivity index (χ0n) is 23.0. The van der Waals surface area contributed by atoms with Crippen molar-refractivity contribution in [3.8, 4) is 0 Å². The van der Waals surface area contributed by atoms with E-state index in [1.54, 1.807) is 12.0 Å². The summed E-state index contributed by atoms with van der Waals surface area (Å²) in [5.74, 6) is 2.23. The highest BCUT2D eigenvalue weighted by Crippen LogP contribution is 2.55. The lowest BCUT2D eigenvalue weighted by atomic mass is 9.52. The van der Waals surface area contributed by atoms with Crippen molar-refractivity contribution >= 4 is 34.9 Å². The van der Waals surface area contributed by atoms with Gasteiger partial charge in [0.1, 0.15) is 5.82 Å². The number of hydrogen-bond donors (Lipinski definition) is 2. The fourth-order valence-electron chi connectivity index (χ4n) is 8.15. The van der Waals surface area contributed by atoms with E-state index < -0.39 is 11.7 Å². The first kappa shape index (κ1) is 25.4. The van der Waals surface area contributed by atoms with Crippen LogP contribution in [0, 0.1) is 17.8 Å². The smallest absolute Gasteiger partial charge is 0.390 e. The number of nitrogens with one attached hydrogen (secondary N) is 1. The molecule has 4 saturated carbocycles. The summed E-state index contributed by atoms with van der Waals surface area (Å²) in [5, 5.41) is 15.7. The number of amides is 2. The van der Waals surface area contributed by atoms with Crippen molar-refractivity contribution in [2.24, 2.45) is 17.8 Å². The summed E-state index contributed by atoms with van der Waals surface area (Å²) in [6, 6.07) is 12.1. The Kier molecular flexibility index (Phi) is 6.25. The second-order valence-electron chi connectivity index (χ2n) is 12.4. The van der Waals surface area contributed by atoms with Gasteiger partial charge in [-0.15, -0.1) is 0 Å². The van der Waals surface area contributed by atoms with Crippen molar-refractivity contribution in [1.82, 2.24) is 15.2 Å². The fraction of sp³-hybridized carbons (Fsp3) is 0.567. The molecule has 10 heteroatoms. The van der Waals surface area contributed by atoms with Crippen molar-refractivity contribution in [2.45, 2.75) is 50.7 Å². The second kappa shape index (κ2) is 9.83. The summed E-state index contributed by atoms with van der Waals surface area (Å²) in [6.45, 7) is 5.81. The van der Waals surface area contributed by atoms with Crippen molar-refractivity contribution in [1.29, 1.82) is 0 Å². The minimum absolute atomic E-state index is 0.0778. The number of aliphatic hydroxyl groups is 1. The molecule has 2 amide bonds. The number of nitrogens with zero attached hydrogens (tertiary/aromatic N) is 5. The van der Waals surface area contributed by atoms with Crippen LogP contribution in [0.5, 0.6) is 0 Å². The van der Waals surface area contributed by atoms with Crippen LogP contribution in [-0.2, 0) is 9.63 Å². The molecular weight excluding hydrogens is 508 g/mol. The number of para-hydroxylation sites is 2. The molecule has 3 heterocycles. The minimum atomic E-state index is -0.523. The molecule has 5 atom stereocenters. The first-order valence-corrected chi connectivity index (χ1v) is 14.7. The number of aromatic nitrogens is 1. The molecule has 2 aliphatic heterocycles. The monoisotopic (exact) mass is 546 g/mol. The molecular formula is C30H38N6O4. The van der Waals surface area contributed by atoms with E-state index in [1.807, 2.05) is 41.4 Å². The molecule has 40 heavy (non-hydrogen) atoms. The zero-order chi connectivity index (χ0) is 27.4. The molecule has 8 rings (SSSR count). The van der Waals surface area contributed by atoms with E-state index in [-0.39, 0.29) is 11.9 Å². The maximum absolute atomic E-state index is 13.1. The van der Waals surface area contributed by atoms with E-state index in [2.05, 4.69) is 21.2 Å². The van der Waals surface area contributed by atoms with Gasteiger partial charge in [-0.1, -0.05) is 12.1 Å². The number of carbonyl (C=O) groups is 2. The molecule has 10 nitrogen and oxygen atoms in total. The van der Waals surface area contributed by atoms with Crippen LogP contribution in [0.4, 0.5) is 27.7 Å². The summed E-state index contributed by atoms with van der Waals surface area (Å²) >= 11 is 0. The lowest BCUT2D eigenvalue weighted by Gasteiger charge is -2.57.